The van der Waals surface area contributed by atoms with Crippen molar-refractivity contribution in [2.75, 3.05) is 19.8 Å². The maximum atomic E-state index is 5.85. The van der Waals surface area contributed by atoms with Gasteiger partial charge in [0, 0.05) is 5.92 Å². The maximum absolute atomic E-state index is 5.85. The first-order valence-electron chi connectivity index (χ1n) is 13.8. The quantitative estimate of drug-likeness (QED) is 0.0489. The molecule has 0 saturated carbocycles. The highest BCUT2D eigenvalue weighted by Crippen LogP contribution is 2.37. The lowest BCUT2D eigenvalue weighted by Gasteiger charge is -2.36. The summed E-state index contributed by atoms with van der Waals surface area (Å²) in [6.45, 7) is 9.71. The molecule has 0 aromatic rings. The normalized spacial score (nSPS) is 15.6. The Morgan fingerprint density at radius 1 is 0.697 bits per heavy atom. The van der Waals surface area contributed by atoms with E-state index >= 15 is 0 Å². The summed E-state index contributed by atoms with van der Waals surface area (Å²) in [7, 11) is 0. The van der Waals surface area contributed by atoms with E-state index in [0.717, 1.165) is 44.9 Å². The Hall–Kier alpha value is -0.500. The van der Waals surface area contributed by atoms with Crippen LogP contribution in [0.1, 0.15) is 130 Å². The second-order valence-electron chi connectivity index (χ2n) is 9.22. The summed E-state index contributed by atoms with van der Waals surface area (Å²) >= 11 is 0. The first-order valence-corrected chi connectivity index (χ1v) is 13.8. The van der Waals surface area contributed by atoms with Gasteiger partial charge in [-0.2, -0.15) is 14.7 Å². The molecule has 0 aromatic carbocycles. The fourth-order valence-electron chi connectivity index (χ4n) is 4.03. The van der Waals surface area contributed by atoms with Gasteiger partial charge in [0.25, 0.3) is 0 Å². The lowest BCUT2D eigenvalue weighted by Crippen LogP contribution is -2.47. The molecule has 196 valence electrons. The molecule has 0 fully saturated rings. The van der Waals surface area contributed by atoms with Gasteiger partial charge in [-0.05, 0) is 64.2 Å². The van der Waals surface area contributed by atoms with Gasteiger partial charge in [0.1, 0.15) is 0 Å². The van der Waals surface area contributed by atoms with Gasteiger partial charge in [0.15, 0.2) is 0 Å². The Bertz CT molecular complexity index is 441. The standard InChI is InChI=1S/C27H52O6/c1-5-9-10-11-12-16-19-26(21-20-25-17-14-13-15-18-25)27(31-28-22-6-2,32-29-23-7-3)33-30-24-8-4/h17,26H,5-16,18-24H2,1-4H3. The predicted octanol–water partition coefficient (Wildman–Crippen LogP) is 8.36. The molecule has 0 radical (unpaired) electrons. The van der Waals surface area contributed by atoms with Crippen molar-refractivity contribution in [1.29, 1.82) is 0 Å². The van der Waals surface area contributed by atoms with E-state index in [2.05, 4.69) is 13.0 Å². The molecule has 0 spiro atoms. The molecule has 1 atom stereocenters. The molecule has 33 heavy (non-hydrogen) atoms. The van der Waals surface area contributed by atoms with Crippen LogP contribution >= 0.6 is 0 Å². The molecular weight excluding hydrogens is 420 g/mol. The number of hydrogen-bond acceptors (Lipinski definition) is 6. The average molecular weight is 473 g/mol. The zero-order valence-corrected chi connectivity index (χ0v) is 22.0. The van der Waals surface area contributed by atoms with E-state index in [4.69, 9.17) is 29.3 Å². The van der Waals surface area contributed by atoms with E-state index in [1.165, 1.54) is 63.4 Å². The third-order valence-corrected chi connectivity index (χ3v) is 5.99. The van der Waals surface area contributed by atoms with Crippen molar-refractivity contribution >= 4 is 0 Å². The maximum Gasteiger partial charge on any atom is 0.368 e. The van der Waals surface area contributed by atoms with Crippen molar-refractivity contribution in [1.82, 2.24) is 0 Å². The first kappa shape index (κ1) is 30.5. The lowest BCUT2D eigenvalue weighted by atomic mass is 9.88. The Morgan fingerprint density at radius 2 is 1.27 bits per heavy atom. The third-order valence-electron chi connectivity index (χ3n) is 5.99. The Kier molecular flexibility index (Phi) is 19.3. The minimum absolute atomic E-state index is 0.0722. The first-order chi connectivity index (χ1) is 16.2. The molecule has 0 heterocycles. The van der Waals surface area contributed by atoms with Gasteiger partial charge in [0.2, 0.25) is 0 Å². The second-order valence-corrected chi connectivity index (χ2v) is 9.22. The van der Waals surface area contributed by atoms with Gasteiger partial charge in [-0.3, -0.25) is 0 Å². The molecule has 6 nitrogen and oxygen atoms in total. The molecule has 1 aliphatic carbocycles. The van der Waals surface area contributed by atoms with Gasteiger partial charge >= 0.3 is 5.97 Å². The largest absolute Gasteiger partial charge is 0.368 e. The predicted molar refractivity (Wildman–Crippen MR) is 132 cm³/mol. The van der Waals surface area contributed by atoms with Gasteiger partial charge in [-0.1, -0.05) is 77.9 Å². The summed E-state index contributed by atoms with van der Waals surface area (Å²) in [6.07, 6.45) is 20.0. The molecule has 1 rings (SSSR count). The summed E-state index contributed by atoms with van der Waals surface area (Å²) in [5.74, 6) is -1.60. The van der Waals surface area contributed by atoms with Crippen LogP contribution in [0.2, 0.25) is 0 Å². The average Bonchev–Trinajstić information content (AvgIpc) is 2.84. The van der Waals surface area contributed by atoms with Crippen LogP contribution in [0.15, 0.2) is 11.6 Å². The van der Waals surface area contributed by atoms with Crippen molar-refractivity contribution < 1.29 is 29.3 Å². The van der Waals surface area contributed by atoms with Crippen LogP contribution in [0.3, 0.4) is 0 Å². The molecule has 0 aliphatic heterocycles. The molecule has 0 aromatic heterocycles. The molecule has 6 heteroatoms. The fourth-order valence-corrected chi connectivity index (χ4v) is 4.03. The molecule has 1 unspecified atom stereocenters. The molecule has 0 N–H and O–H groups in total. The van der Waals surface area contributed by atoms with Crippen LogP contribution in [0.4, 0.5) is 0 Å². The number of allylic oxidation sites excluding steroid dienone is 2. The zero-order valence-electron chi connectivity index (χ0n) is 22.0. The topological polar surface area (TPSA) is 55.4 Å². The van der Waals surface area contributed by atoms with Crippen LogP contribution in [0.5, 0.6) is 0 Å². The number of rotatable bonds is 23. The van der Waals surface area contributed by atoms with Crippen LogP contribution in [-0.4, -0.2) is 25.8 Å². The molecule has 0 amide bonds. The van der Waals surface area contributed by atoms with E-state index in [1.54, 1.807) is 0 Å². The summed E-state index contributed by atoms with van der Waals surface area (Å²) in [5, 5.41) is 0. The van der Waals surface area contributed by atoms with E-state index < -0.39 is 5.97 Å². The number of hydrogen-bond donors (Lipinski definition) is 0. The highest BCUT2D eigenvalue weighted by Gasteiger charge is 2.47. The van der Waals surface area contributed by atoms with Crippen molar-refractivity contribution in [2.24, 2.45) is 5.92 Å². The number of unbranched alkanes of at least 4 members (excludes halogenated alkanes) is 5. The zero-order chi connectivity index (χ0) is 24.0. The minimum atomic E-state index is -1.53. The van der Waals surface area contributed by atoms with Crippen LogP contribution < -0.4 is 0 Å². The van der Waals surface area contributed by atoms with Gasteiger partial charge < -0.3 is 0 Å². The fraction of sp³-hybridized carbons (Fsp3) is 0.926. The smallest absolute Gasteiger partial charge is 0.231 e. The third kappa shape index (κ3) is 13.8. The molecule has 1 aliphatic rings. The van der Waals surface area contributed by atoms with E-state index in [1.807, 2.05) is 20.8 Å². The van der Waals surface area contributed by atoms with E-state index in [-0.39, 0.29) is 5.92 Å². The highest BCUT2D eigenvalue weighted by atomic mass is 17.4. The summed E-state index contributed by atoms with van der Waals surface area (Å²) in [4.78, 5) is 34.1. The van der Waals surface area contributed by atoms with Crippen molar-refractivity contribution in [2.45, 2.75) is 136 Å². The van der Waals surface area contributed by atoms with Crippen LogP contribution in [-0.2, 0) is 29.3 Å². The molecule has 0 bridgehead atoms. The molecule has 0 saturated heterocycles. The highest BCUT2D eigenvalue weighted by molar-refractivity contribution is 5.05. The van der Waals surface area contributed by atoms with Crippen molar-refractivity contribution in [3.05, 3.63) is 11.6 Å². The van der Waals surface area contributed by atoms with Gasteiger partial charge in [-0.25, -0.2) is 14.7 Å². The minimum Gasteiger partial charge on any atom is -0.231 e. The van der Waals surface area contributed by atoms with E-state index in [9.17, 15) is 0 Å². The van der Waals surface area contributed by atoms with Crippen LogP contribution in [0, 0.1) is 5.92 Å². The van der Waals surface area contributed by atoms with E-state index in [0.29, 0.717) is 19.8 Å². The van der Waals surface area contributed by atoms with Gasteiger partial charge in [0.05, 0.1) is 19.8 Å². The van der Waals surface area contributed by atoms with Crippen LogP contribution in [0.25, 0.3) is 0 Å². The Labute approximate surface area is 203 Å². The SMILES string of the molecule is CCCCCCCCC(CCC1=CCCCC1)C(OOCCC)(OOCCC)OOCCC. The monoisotopic (exact) mass is 472 g/mol. The Balaban J connectivity index is 2.95. The van der Waals surface area contributed by atoms with Crippen molar-refractivity contribution in [3.63, 3.8) is 0 Å². The van der Waals surface area contributed by atoms with Gasteiger partial charge in [-0.15, -0.1) is 0 Å². The molecular formula is C27H52O6. The summed E-state index contributed by atoms with van der Waals surface area (Å²) in [5.41, 5.74) is 1.53. The van der Waals surface area contributed by atoms with Crippen molar-refractivity contribution in [3.8, 4) is 0 Å². The summed E-state index contributed by atoms with van der Waals surface area (Å²) in [6, 6.07) is 0. The lowest BCUT2D eigenvalue weighted by molar-refractivity contribution is -0.644. The summed E-state index contributed by atoms with van der Waals surface area (Å²) < 4.78 is 0. The Morgan fingerprint density at radius 3 is 1.79 bits per heavy atom. The second kappa shape index (κ2) is 20.8.